The van der Waals surface area contributed by atoms with Crippen molar-refractivity contribution in [3.8, 4) is 22.4 Å². The molecule has 6 heteroatoms. The Bertz CT molecular complexity index is 2400. The number of benzene rings is 3. The molecule has 3 aromatic heterocycles. The number of carbonyl (C=O) groups excluding carboxylic acids is 1. The smallest absolute Gasteiger partial charge is 0.164 e. The molecule has 57 heavy (non-hydrogen) atoms. The van der Waals surface area contributed by atoms with Crippen LogP contribution in [0.5, 0.6) is 0 Å². The molecule has 1 radical (unpaired) electrons. The van der Waals surface area contributed by atoms with Gasteiger partial charge in [-0.2, -0.15) is 0 Å². The molecule has 0 fully saturated rings. The van der Waals surface area contributed by atoms with Crippen LogP contribution in [0.25, 0.3) is 53.5 Å². The van der Waals surface area contributed by atoms with Gasteiger partial charge in [-0.05, 0) is 97.9 Å². The summed E-state index contributed by atoms with van der Waals surface area (Å²) in [4.78, 5) is 21.3. The fourth-order valence-electron chi connectivity index (χ4n) is 7.49. The summed E-state index contributed by atoms with van der Waals surface area (Å²) in [6, 6.07) is 24.1. The molecule has 0 saturated carbocycles. The van der Waals surface area contributed by atoms with Gasteiger partial charge in [0.05, 0.1) is 0 Å². The summed E-state index contributed by atoms with van der Waals surface area (Å²) in [5.41, 5.74) is 8.21. The summed E-state index contributed by atoms with van der Waals surface area (Å²) < 4.78 is 1.38. The van der Waals surface area contributed by atoms with E-state index in [9.17, 15) is 9.90 Å². The van der Waals surface area contributed by atoms with E-state index in [-0.39, 0.29) is 47.9 Å². The first-order valence-electron chi connectivity index (χ1n) is 20.6. The van der Waals surface area contributed by atoms with Crippen LogP contribution in [0.15, 0.2) is 66.4 Å². The van der Waals surface area contributed by atoms with Crippen LogP contribution in [0.1, 0.15) is 128 Å². The minimum absolute atomic E-state index is 0. The first-order chi connectivity index (χ1) is 26.3. The molecule has 0 atom stereocenters. The van der Waals surface area contributed by atoms with Gasteiger partial charge in [0.15, 0.2) is 5.78 Å². The van der Waals surface area contributed by atoms with Gasteiger partial charge in [-0.25, -0.2) is 0 Å². The maximum atomic E-state index is 12.2. The number of thiophene rings is 2. The van der Waals surface area contributed by atoms with Crippen LogP contribution >= 0.6 is 22.7 Å². The Labute approximate surface area is 364 Å². The molecule has 3 heterocycles. The SMILES string of the molecule is CCC(C)(CC)C(=O)/C=C(\O)C(C)(CC)CC.Cc1sc2cc(-c3cc(-c4[c-]c5ccccc5c(C(C)(C)C)c4)nc4sc(C)c(C)c34)ccc2c1CC(C)C.[Ir]. The number of aliphatic hydroxyl groups is 1. The summed E-state index contributed by atoms with van der Waals surface area (Å²) in [6.07, 6.45) is 5.88. The maximum Gasteiger partial charge on any atom is 0.164 e. The van der Waals surface area contributed by atoms with Gasteiger partial charge < -0.3 is 5.11 Å². The Kier molecular flexibility index (Phi) is 15.0. The molecular formula is C51H64IrNO2S2-. The van der Waals surface area contributed by atoms with Crippen molar-refractivity contribution in [3.63, 3.8) is 0 Å². The second-order valence-corrected chi connectivity index (χ2v) is 20.2. The predicted octanol–water partition coefficient (Wildman–Crippen LogP) is 15.9. The number of nitrogens with zero attached hydrogens (tertiary/aromatic N) is 1. The third-order valence-electron chi connectivity index (χ3n) is 12.5. The molecule has 0 bridgehead atoms. The van der Waals surface area contributed by atoms with Gasteiger partial charge in [0, 0.05) is 62.5 Å². The largest absolute Gasteiger partial charge is 0.512 e. The Hall–Kier alpha value is -3.15. The fraction of sp³-hybridized carbons (Fsp3) is 0.451. The van der Waals surface area contributed by atoms with E-state index in [0.29, 0.717) is 5.92 Å². The molecule has 0 aliphatic carbocycles. The van der Waals surface area contributed by atoms with Crippen LogP contribution in [0, 0.1) is 43.6 Å². The number of carbonyl (C=O) groups is 1. The minimum atomic E-state index is -0.337. The molecule has 0 amide bonds. The molecule has 3 nitrogen and oxygen atoms in total. The number of aryl methyl sites for hydroxylation is 3. The third-order valence-corrected chi connectivity index (χ3v) is 14.7. The topological polar surface area (TPSA) is 50.2 Å². The molecule has 6 aromatic rings. The van der Waals surface area contributed by atoms with Crippen molar-refractivity contribution in [3.05, 3.63) is 98.9 Å². The van der Waals surface area contributed by atoms with Crippen molar-refractivity contribution in [2.75, 3.05) is 0 Å². The van der Waals surface area contributed by atoms with Gasteiger partial charge >= 0.3 is 0 Å². The van der Waals surface area contributed by atoms with Gasteiger partial charge in [-0.1, -0.05) is 124 Å². The van der Waals surface area contributed by atoms with Gasteiger partial charge in [0.25, 0.3) is 0 Å². The van der Waals surface area contributed by atoms with Crippen LogP contribution < -0.4 is 0 Å². The van der Waals surface area contributed by atoms with Crippen molar-refractivity contribution >= 4 is 59.5 Å². The average Bonchev–Trinajstić information content (AvgIpc) is 3.64. The van der Waals surface area contributed by atoms with Crippen LogP contribution in [0.2, 0.25) is 0 Å². The van der Waals surface area contributed by atoms with E-state index in [1.807, 2.05) is 52.9 Å². The molecular weight excluding hydrogens is 915 g/mol. The number of hydrogen-bond donors (Lipinski definition) is 1. The Morgan fingerprint density at radius 1 is 0.825 bits per heavy atom. The van der Waals surface area contributed by atoms with E-state index in [2.05, 4.69) is 116 Å². The van der Waals surface area contributed by atoms with Crippen LogP contribution in [-0.4, -0.2) is 15.9 Å². The van der Waals surface area contributed by atoms with E-state index in [0.717, 1.165) is 53.6 Å². The number of allylic oxidation sites excluding steroid dienone is 2. The number of rotatable bonds is 11. The molecule has 1 N–H and O–H groups in total. The second kappa shape index (κ2) is 18.4. The molecule has 307 valence electrons. The van der Waals surface area contributed by atoms with Gasteiger partial charge in [-0.15, -0.1) is 51.8 Å². The minimum Gasteiger partial charge on any atom is -0.512 e. The van der Waals surface area contributed by atoms with Gasteiger partial charge in [-0.3, -0.25) is 9.78 Å². The first-order valence-corrected chi connectivity index (χ1v) is 22.3. The zero-order valence-corrected chi connectivity index (χ0v) is 40.9. The molecule has 3 aromatic carbocycles. The molecule has 0 aliphatic rings. The predicted molar refractivity (Wildman–Crippen MR) is 247 cm³/mol. The molecule has 6 rings (SSSR count). The number of ketones is 1. The van der Waals surface area contributed by atoms with Crippen molar-refractivity contribution in [1.82, 2.24) is 4.98 Å². The van der Waals surface area contributed by atoms with E-state index in [4.69, 9.17) is 4.98 Å². The number of hydrogen-bond acceptors (Lipinski definition) is 5. The summed E-state index contributed by atoms with van der Waals surface area (Å²) in [5, 5.41) is 15.3. The average molecular weight is 979 g/mol. The number of aliphatic hydroxyl groups excluding tert-OH is 1. The molecule has 0 spiro atoms. The zero-order chi connectivity index (χ0) is 41.3. The Morgan fingerprint density at radius 2 is 1.46 bits per heavy atom. The van der Waals surface area contributed by atoms with Crippen LogP contribution in [0.3, 0.4) is 0 Å². The maximum absolute atomic E-state index is 12.2. The fourth-order valence-corrected chi connectivity index (χ4v) is 9.68. The van der Waals surface area contributed by atoms with Crippen LogP contribution in [-0.2, 0) is 36.7 Å². The number of aromatic nitrogens is 1. The molecule has 0 aliphatic heterocycles. The van der Waals surface area contributed by atoms with E-state index in [1.54, 1.807) is 11.3 Å². The van der Waals surface area contributed by atoms with Crippen molar-refractivity contribution in [2.24, 2.45) is 16.7 Å². The summed E-state index contributed by atoms with van der Waals surface area (Å²) >= 11 is 3.74. The van der Waals surface area contributed by atoms with Crippen molar-refractivity contribution in [1.29, 1.82) is 0 Å². The number of pyridine rings is 1. The molecule has 0 saturated heterocycles. The summed E-state index contributed by atoms with van der Waals surface area (Å²) in [5.74, 6) is 0.935. The zero-order valence-electron chi connectivity index (χ0n) is 36.8. The third kappa shape index (κ3) is 9.67. The van der Waals surface area contributed by atoms with Crippen LogP contribution in [0.4, 0.5) is 0 Å². The van der Waals surface area contributed by atoms with Gasteiger partial charge in [0.2, 0.25) is 0 Å². The van der Waals surface area contributed by atoms with E-state index in [1.165, 1.54) is 64.5 Å². The molecule has 0 unspecified atom stereocenters. The quantitative estimate of drug-likeness (QED) is 0.0799. The second-order valence-electron chi connectivity index (χ2n) is 17.8. The number of fused-ring (bicyclic) bond motifs is 3. The summed E-state index contributed by atoms with van der Waals surface area (Å²) in [7, 11) is 0. The monoisotopic (exact) mass is 979 g/mol. The Morgan fingerprint density at radius 3 is 2.05 bits per heavy atom. The van der Waals surface area contributed by atoms with Crippen molar-refractivity contribution in [2.45, 2.75) is 134 Å². The summed E-state index contributed by atoms with van der Waals surface area (Å²) in [6.45, 7) is 30.3. The normalized spacial score (nSPS) is 12.6. The van der Waals surface area contributed by atoms with Crippen molar-refractivity contribution < 1.29 is 30.0 Å². The van der Waals surface area contributed by atoms with E-state index >= 15 is 0 Å². The van der Waals surface area contributed by atoms with E-state index < -0.39 is 0 Å². The standard InChI is InChI=1S/C36H36NS2.C15H28O2.Ir/c1-20(2)15-29-23(5)38-33-18-25(13-14-28(29)33)30-19-32(37-35-34(30)21(3)22(4)39-35)26-16-24-11-9-10-12-27(24)31(17-26)36(6,7)8;1-7-14(5,8-2)12(16)11-13(17)15(6,9-3)10-4;/h9-14,17-20H,15H2,1-8H3;11,16H,7-10H2,1-6H3;/q-1;;/b;12-11-;. The first kappa shape index (κ1) is 46.5. The Balaban J connectivity index is 0.000000341. The van der Waals surface area contributed by atoms with Gasteiger partial charge in [0.1, 0.15) is 10.6 Å².